The van der Waals surface area contributed by atoms with Gasteiger partial charge in [0.05, 0.1) is 18.8 Å². The first-order valence-corrected chi connectivity index (χ1v) is 7.25. The van der Waals surface area contributed by atoms with Crippen molar-refractivity contribution in [3.63, 3.8) is 0 Å². The van der Waals surface area contributed by atoms with E-state index < -0.39 is 5.54 Å². The van der Waals surface area contributed by atoms with Crippen LogP contribution in [-0.2, 0) is 10.3 Å². The molecule has 0 unspecified atom stereocenters. The molecule has 4 nitrogen and oxygen atoms in total. The second-order valence-electron chi connectivity index (χ2n) is 5.85. The van der Waals surface area contributed by atoms with E-state index in [4.69, 9.17) is 4.74 Å². The van der Waals surface area contributed by atoms with E-state index in [0.29, 0.717) is 18.8 Å². The van der Waals surface area contributed by atoms with E-state index in [-0.39, 0.29) is 11.8 Å². The molecule has 110 valence electrons. The summed E-state index contributed by atoms with van der Waals surface area (Å²) in [6, 6.07) is 11.8. The van der Waals surface area contributed by atoms with Crippen molar-refractivity contribution in [2.45, 2.75) is 25.3 Å². The molecule has 0 saturated carbocycles. The van der Waals surface area contributed by atoms with Crippen LogP contribution in [0.15, 0.2) is 42.6 Å². The second-order valence-corrected chi connectivity index (χ2v) is 5.85. The van der Waals surface area contributed by atoms with Crippen molar-refractivity contribution in [3.05, 3.63) is 59.4 Å². The highest BCUT2D eigenvalue weighted by Gasteiger charge is 2.42. The first-order valence-electron chi connectivity index (χ1n) is 7.25. The van der Waals surface area contributed by atoms with E-state index in [9.17, 15) is 4.79 Å². The fourth-order valence-corrected chi connectivity index (χ4v) is 2.72. The van der Waals surface area contributed by atoms with Gasteiger partial charge in [-0.2, -0.15) is 0 Å². The van der Waals surface area contributed by atoms with Gasteiger partial charge in [0.1, 0.15) is 5.54 Å². The zero-order valence-electron chi connectivity index (χ0n) is 12.3. The number of amides is 1. The molecule has 0 radical (unpaired) electrons. The molecule has 2 N–H and O–H groups in total. The Kier molecular flexibility index (Phi) is 3.55. The number of aromatic nitrogens is 1. The Morgan fingerprint density at radius 1 is 1.24 bits per heavy atom. The van der Waals surface area contributed by atoms with Gasteiger partial charge >= 0.3 is 0 Å². The lowest BCUT2D eigenvalue weighted by Gasteiger charge is -2.42. The highest BCUT2D eigenvalue weighted by atomic mass is 16.5. The fourth-order valence-electron chi connectivity index (χ4n) is 2.72. The number of ether oxygens (including phenoxy) is 1. The van der Waals surface area contributed by atoms with Crippen LogP contribution in [0.4, 0.5) is 0 Å². The number of carbonyl (C=O) groups excluding carboxylic acids is 1. The number of hydrogen-bond acceptors (Lipinski definition) is 2. The molecule has 0 atom stereocenters. The smallest absolute Gasteiger partial charge is 0.253 e. The van der Waals surface area contributed by atoms with E-state index in [0.717, 1.165) is 11.3 Å². The average molecular weight is 284 g/mol. The minimum Gasteiger partial charge on any atom is -0.376 e. The molecule has 0 spiro atoms. The third kappa shape index (κ3) is 2.47. The Bertz CT molecular complexity index is 627. The van der Waals surface area contributed by atoms with Crippen LogP contribution in [0.5, 0.6) is 0 Å². The summed E-state index contributed by atoms with van der Waals surface area (Å²) in [6.45, 7) is 5.18. The van der Waals surface area contributed by atoms with Crippen molar-refractivity contribution < 1.29 is 9.53 Å². The predicted octanol–water partition coefficient (Wildman–Crippen LogP) is 2.79. The van der Waals surface area contributed by atoms with E-state index in [1.165, 1.54) is 0 Å². The molecule has 1 aromatic heterocycles. The lowest BCUT2D eigenvalue weighted by Crippen LogP contribution is -2.59. The molecule has 1 saturated heterocycles. The summed E-state index contributed by atoms with van der Waals surface area (Å²) in [7, 11) is 0. The zero-order valence-corrected chi connectivity index (χ0v) is 12.3. The molecule has 2 heterocycles. The molecule has 1 fully saturated rings. The summed E-state index contributed by atoms with van der Waals surface area (Å²) >= 11 is 0. The Labute approximate surface area is 124 Å². The maximum absolute atomic E-state index is 12.6. The Morgan fingerprint density at radius 3 is 2.52 bits per heavy atom. The van der Waals surface area contributed by atoms with Gasteiger partial charge in [0.2, 0.25) is 0 Å². The van der Waals surface area contributed by atoms with Gasteiger partial charge in [-0.1, -0.05) is 44.2 Å². The first kappa shape index (κ1) is 13.9. The first-order chi connectivity index (χ1) is 10.1. The molecule has 0 bridgehead atoms. The van der Waals surface area contributed by atoms with Crippen molar-refractivity contribution in [3.8, 4) is 0 Å². The Balaban J connectivity index is 1.85. The van der Waals surface area contributed by atoms with Crippen LogP contribution in [0.2, 0.25) is 0 Å². The molecule has 2 aromatic rings. The lowest BCUT2D eigenvalue weighted by molar-refractivity contribution is -0.0734. The Hall–Kier alpha value is -2.07. The minimum absolute atomic E-state index is 0.0490. The van der Waals surface area contributed by atoms with Crippen molar-refractivity contribution in [2.24, 2.45) is 0 Å². The molecule has 0 aliphatic carbocycles. The van der Waals surface area contributed by atoms with Crippen molar-refractivity contribution in [1.29, 1.82) is 0 Å². The normalized spacial score (nSPS) is 16.5. The second kappa shape index (κ2) is 5.37. The summed E-state index contributed by atoms with van der Waals surface area (Å²) in [5.41, 5.74) is 2.37. The molecular formula is C17H20N2O2. The standard InChI is InChI=1S/C17H20N2O2/c1-12(2)15-14(8-9-18-15)16(20)19-17(10-21-11-17)13-6-4-3-5-7-13/h3-9,12,18H,10-11H2,1-2H3,(H,19,20). The number of aromatic amines is 1. The van der Waals surface area contributed by atoms with E-state index in [1.807, 2.05) is 42.6 Å². The third-order valence-electron chi connectivity index (χ3n) is 3.98. The van der Waals surface area contributed by atoms with Crippen molar-refractivity contribution in [2.75, 3.05) is 13.2 Å². The summed E-state index contributed by atoms with van der Waals surface area (Å²) in [5, 5.41) is 3.16. The summed E-state index contributed by atoms with van der Waals surface area (Å²) < 4.78 is 5.37. The molecule has 4 heteroatoms. The Morgan fingerprint density at radius 2 is 1.95 bits per heavy atom. The number of H-pyrrole nitrogens is 1. The predicted molar refractivity (Wildman–Crippen MR) is 81.3 cm³/mol. The highest BCUT2D eigenvalue weighted by molar-refractivity contribution is 5.96. The molecule has 1 aromatic carbocycles. The van der Waals surface area contributed by atoms with Gasteiger partial charge in [-0.05, 0) is 17.5 Å². The summed E-state index contributed by atoms with van der Waals surface area (Å²) in [6.07, 6.45) is 1.82. The van der Waals surface area contributed by atoms with E-state index in [2.05, 4.69) is 24.1 Å². The largest absolute Gasteiger partial charge is 0.376 e. The topological polar surface area (TPSA) is 54.1 Å². The van der Waals surface area contributed by atoms with Crippen molar-refractivity contribution >= 4 is 5.91 Å². The summed E-state index contributed by atoms with van der Waals surface area (Å²) in [5.74, 6) is 0.234. The van der Waals surface area contributed by atoms with Crippen LogP contribution in [0.25, 0.3) is 0 Å². The van der Waals surface area contributed by atoms with Gasteiger partial charge in [-0.25, -0.2) is 0 Å². The van der Waals surface area contributed by atoms with Gasteiger partial charge in [0, 0.05) is 11.9 Å². The maximum atomic E-state index is 12.6. The minimum atomic E-state index is -0.399. The fraction of sp³-hybridized carbons (Fsp3) is 0.353. The molecule has 3 rings (SSSR count). The molecule has 1 aliphatic heterocycles. The van der Waals surface area contributed by atoms with Crippen LogP contribution < -0.4 is 5.32 Å². The zero-order chi connectivity index (χ0) is 14.9. The monoisotopic (exact) mass is 284 g/mol. The number of carbonyl (C=O) groups is 1. The van der Waals surface area contributed by atoms with Gasteiger partial charge < -0.3 is 15.0 Å². The van der Waals surface area contributed by atoms with E-state index in [1.54, 1.807) is 0 Å². The average Bonchev–Trinajstić information content (AvgIpc) is 2.93. The SMILES string of the molecule is CC(C)c1[nH]ccc1C(=O)NC1(c2ccccc2)COC1. The van der Waals surface area contributed by atoms with Crippen LogP contribution in [-0.4, -0.2) is 24.1 Å². The van der Waals surface area contributed by atoms with Crippen LogP contribution in [0, 0.1) is 0 Å². The number of rotatable bonds is 4. The molecular weight excluding hydrogens is 264 g/mol. The third-order valence-corrected chi connectivity index (χ3v) is 3.98. The van der Waals surface area contributed by atoms with Gasteiger partial charge in [0.25, 0.3) is 5.91 Å². The van der Waals surface area contributed by atoms with Crippen LogP contribution >= 0.6 is 0 Å². The van der Waals surface area contributed by atoms with Crippen molar-refractivity contribution in [1.82, 2.24) is 10.3 Å². The van der Waals surface area contributed by atoms with Gasteiger partial charge in [-0.3, -0.25) is 4.79 Å². The highest BCUT2D eigenvalue weighted by Crippen LogP contribution is 2.30. The van der Waals surface area contributed by atoms with E-state index >= 15 is 0 Å². The lowest BCUT2D eigenvalue weighted by atomic mass is 9.87. The summed E-state index contributed by atoms with van der Waals surface area (Å²) in [4.78, 5) is 15.8. The molecule has 21 heavy (non-hydrogen) atoms. The molecule has 1 amide bonds. The maximum Gasteiger partial charge on any atom is 0.253 e. The van der Waals surface area contributed by atoms with Gasteiger partial charge in [0.15, 0.2) is 0 Å². The number of benzene rings is 1. The number of nitrogens with one attached hydrogen (secondary N) is 2. The number of hydrogen-bond donors (Lipinski definition) is 2. The van der Waals surface area contributed by atoms with Gasteiger partial charge in [-0.15, -0.1) is 0 Å². The van der Waals surface area contributed by atoms with Crippen LogP contribution in [0.1, 0.15) is 41.4 Å². The van der Waals surface area contributed by atoms with Crippen LogP contribution in [0.3, 0.4) is 0 Å². The molecule has 1 aliphatic rings. The quantitative estimate of drug-likeness (QED) is 0.907.